The molecular formula is C16H19ClN2OS. The van der Waals surface area contributed by atoms with Crippen LogP contribution in [0.4, 0.5) is 5.69 Å². The molecule has 21 heavy (non-hydrogen) atoms. The fourth-order valence-electron chi connectivity index (χ4n) is 2.11. The lowest BCUT2D eigenvalue weighted by Gasteiger charge is -2.16. The van der Waals surface area contributed by atoms with Crippen LogP contribution in [0.5, 0.6) is 0 Å². The number of anilines is 1. The van der Waals surface area contributed by atoms with Crippen LogP contribution >= 0.6 is 22.9 Å². The standard InChI is InChI=1S/C16H19ClN2OS/c1-2-5-14(15-8-4-9-21-15)18-11-16(20)19-13-7-3-6-12(17)10-13/h3-4,6-10,14,18H,2,5,11H2,1H3,(H,19,20). The van der Waals surface area contributed by atoms with E-state index in [2.05, 4.69) is 29.0 Å². The summed E-state index contributed by atoms with van der Waals surface area (Å²) in [6, 6.07) is 11.5. The number of thiophene rings is 1. The van der Waals surface area contributed by atoms with Gasteiger partial charge in [-0.25, -0.2) is 0 Å². The van der Waals surface area contributed by atoms with Crippen molar-refractivity contribution in [3.8, 4) is 0 Å². The van der Waals surface area contributed by atoms with E-state index in [9.17, 15) is 4.79 Å². The van der Waals surface area contributed by atoms with Crippen molar-refractivity contribution in [2.75, 3.05) is 11.9 Å². The summed E-state index contributed by atoms with van der Waals surface area (Å²) < 4.78 is 0. The van der Waals surface area contributed by atoms with Gasteiger partial charge < -0.3 is 10.6 Å². The third-order valence-corrected chi connectivity index (χ3v) is 4.30. The Balaban J connectivity index is 1.87. The van der Waals surface area contributed by atoms with Gasteiger partial charge in [0.25, 0.3) is 0 Å². The summed E-state index contributed by atoms with van der Waals surface area (Å²) in [5.41, 5.74) is 0.720. The highest BCUT2D eigenvalue weighted by molar-refractivity contribution is 7.10. The first kappa shape index (κ1) is 16.0. The van der Waals surface area contributed by atoms with Gasteiger partial charge in [0, 0.05) is 21.6 Å². The molecule has 0 radical (unpaired) electrons. The molecule has 0 saturated carbocycles. The monoisotopic (exact) mass is 322 g/mol. The molecule has 0 saturated heterocycles. The van der Waals surface area contributed by atoms with E-state index in [1.807, 2.05) is 18.2 Å². The number of benzene rings is 1. The fourth-order valence-corrected chi connectivity index (χ4v) is 3.14. The van der Waals surface area contributed by atoms with Crippen LogP contribution in [0.1, 0.15) is 30.7 Å². The molecule has 0 aliphatic rings. The van der Waals surface area contributed by atoms with Crippen molar-refractivity contribution < 1.29 is 4.79 Å². The molecule has 1 aromatic heterocycles. The predicted molar refractivity (Wildman–Crippen MR) is 90.1 cm³/mol. The van der Waals surface area contributed by atoms with Crippen molar-refractivity contribution in [1.82, 2.24) is 5.32 Å². The second-order valence-electron chi connectivity index (χ2n) is 4.80. The molecule has 0 aliphatic carbocycles. The summed E-state index contributed by atoms with van der Waals surface area (Å²) in [6.07, 6.45) is 2.09. The van der Waals surface area contributed by atoms with Crippen LogP contribution in [-0.2, 0) is 4.79 Å². The van der Waals surface area contributed by atoms with E-state index >= 15 is 0 Å². The number of carbonyl (C=O) groups is 1. The first-order valence-corrected chi connectivity index (χ1v) is 8.27. The van der Waals surface area contributed by atoms with E-state index < -0.39 is 0 Å². The van der Waals surface area contributed by atoms with Crippen molar-refractivity contribution in [2.45, 2.75) is 25.8 Å². The first-order valence-electron chi connectivity index (χ1n) is 7.01. The minimum Gasteiger partial charge on any atom is -0.325 e. The number of carbonyl (C=O) groups excluding carboxylic acids is 1. The van der Waals surface area contributed by atoms with Gasteiger partial charge in [0.2, 0.25) is 5.91 Å². The Bertz CT molecular complexity index is 571. The Morgan fingerprint density at radius 2 is 2.19 bits per heavy atom. The van der Waals surface area contributed by atoms with Gasteiger partial charge in [0.1, 0.15) is 0 Å². The molecule has 3 nitrogen and oxygen atoms in total. The summed E-state index contributed by atoms with van der Waals surface area (Å²) in [6.45, 7) is 2.43. The Hall–Kier alpha value is -1.36. The van der Waals surface area contributed by atoms with Crippen molar-refractivity contribution in [3.63, 3.8) is 0 Å². The molecule has 0 fully saturated rings. The maximum Gasteiger partial charge on any atom is 0.238 e. The molecule has 2 aromatic rings. The minimum absolute atomic E-state index is 0.0603. The van der Waals surface area contributed by atoms with Gasteiger partial charge >= 0.3 is 0 Å². The first-order chi connectivity index (χ1) is 10.2. The van der Waals surface area contributed by atoms with Gasteiger partial charge in [-0.1, -0.05) is 37.1 Å². The average Bonchev–Trinajstić information content (AvgIpc) is 2.97. The van der Waals surface area contributed by atoms with Crippen molar-refractivity contribution >= 4 is 34.5 Å². The van der Waals surface area contributed by atoms with Crippen LogP contribution in [-0.4, -0.2) is 12.5 Å². The molecule has 112 valence electrons. The molecule has 5 heteroatoms. The van der Waals surface area contributed by atoms with Crippen molar-refractivity contribution in [1.29, 1.82) is 0 Å². The summed E-state index contributed by atoms with van der Waals surface area (Å²) in [5, 5.41) is 8.84. The zero-order valence-electron chi connectivity index (χ0n) is 11.9. The average molecular weight is 323 g/mol. The number of hydrogen-bond donors (Lipinski definition) is 2. The van der Waals surface area contributed by atoms with Crippen LogP contribution < -0.4 is 10.6 Å². The number of hydrogen-bond acceptors (Lipinski definition) is 3. The molecule has 1 heterocycles. The number of nitrogens with one attached hydrogen (secondary N) is 2. The Morgan fingerprint density at radius 1 is 1.33 bits per heavy atom. The van der Waals surface area contributed by atoms with Crippen LogP contribution in [0, 0.1) is 0 Å². The van der Waals surface area contributed by atoms with Crippen molar-refractivity contribution in [3.05, 3.63) is 51.7 Å². The molecule has 0 spiro atoms. The highest BCUT2D eigenvalue weighted by Crippen LogP contribution is 2.23. The lowest BCUT2D eigenvalue weighted by Crippen LogP contribution is -2.31. The highest BCUT2D eigenvalue weighted by atomic mass is 35.5. The molecule has 1 atom stereocenters. The van der Waals surface area contributed by atoms with E-state index in [4.69, 9.17) is 11.6 Å². The van der Waals surface area contributed by atoms with Crippen LogP contribution in [0.2, 0.25) is 5.02 Å². The quantitative estimate of drug-likeness (QED) is 0.789. The second kappa shape index (κ2) is 8.17. The van der Waals surface area contributed by atoms with Gasteiger partial charge in [-0.2, -0.15) is 0 Å². The normalized spacial score (nSPS) is 12.1. The largest absolute Gasteiger partial charge is 0.325 e. The zero-order chi connectivity index (χ0) is 15.1. The lowest BCUT2D eigenvalue weighted by atomic mass is 10.1. The molecule has 0 aliphatic heterocycles. The maximum atomic E-state index is 12.0. The van der Waals surface area contributed by atoms with E-state index in [0.29, 0.717) is 5.02 Å². The lowest BCUT2D eigenvalue weighted by molar-refractivity contribution is -0.115. The summed E-state index contributed by atoms with van der Waals surface area (Å²) in [4.78, 5) is 13.3. The third-order valence-electron chi connectivity index (χ3n) is 3.08. The predicted octanol–water partition coefficient (Wildman–Crippen LogP) is 4.47. The van der Waals surface area contributed by atoms with Crippen LogP contribution in [0.3, 0.4) is 0 Å². The number of amides is 1. The molecule has 0 bridgehead atoms. The SMILES string of the molecule is CCCC(NCC(=O)Nc1cccc(Cl)c1)c1cccs1. The molecular weight excluding hydrogens is 304 g/mol. The van der Waals surface area contributed by atoms with Gasteiger partial charge in [0.05, 0.1) is 6.54 Å². The van der Waals surface area contributed by atoms with E-state index in [-0.39, 0.29) is 18.5 Å². The van der Waals surface area contributed by atoms with E-state index in [1.165, 1.54) is 4.88 Å². The molecule has 2 N–H and O–H groups in total. The summed E-state index contributed by atoms with van der Waals surface area (Å²) in [7, 11) is 0. The van der Waals surface area contributed by atoms with E-state index in [1.54, 1.807) is 23.5 Å². The molecule has 1 amide bonds. The van der Waals surface area contributed by atoms with Crippen molar-refractivity contribution in [2.24, 2.45) is 0 Å². The zero-order valence-corrected chi connectivity index (χ0v) is 13.5. The smallest absolute Gasteiger partial charge is 0.238 e. The molecule has 1 aromatic carbocycles. The van der Waals surface area contributed by atoms with Gasteiger partial charge in [-0.05, 0) is 36.1 Å². The Kier molecular flexibility index (Phi) is 6.23. The summed E-state index contributed by atoms with van der Waals surface area (Å²) >= 11 is 7.62. The number of halogens is 1. The highest BCUT2D eigenvalue weighted by Gasteiger charge is 2.12. The fraction of sp³-hybridized carbons (Fsp3) is 0.312. The topological polar surface area (TPSA) is 41.1 Å². The third kappa shape index (κ3) is 5.16. The second-order valence-corrected chi connectivity index (χ2v) is 6.21. The minimum atomic E-state index is -0.0603. The van der Waals surface area contributed by atoms with Gasteiger partial charge in [-0.15, -0.1) is 11.3 Å². The number of rotatable bonds is 7. The Labute approximate surface area is 134 Å². The van der Waals surface area contributed by atoms with Crippen LogP contribution in [0.15, 0.2) is 41.8 Å². The van der Waals surface area contributed by atoms with Gasteiger partial charge in [-0.3, -0.25) is 4.79 Å². The summed E-state index contributed by atoms with van der Waals surface area (Å²) in [5.74, 6) is -0.0603. The van der Waals surface area contributed by atoms with Gasteiger partial charge in [0.15, 0.2) is 0 Å². The molecule has 2 rings (SSSR count). The Morgan fingerprint density at radius 3 is 2.86 bits per heavy atom. The maximum absolute atomic E-state index is 12.0. The van der Waals surface area contributed by atoms with E-state index in [0.717, 1.165) is 18.5 Å². The molecule has 1 unspecified atom stereocenters. The van der Waals surface area contributed by atoms with Crippen LogP contribution in [0.25, 0.3) is 0 Å².